The van der Waals surface area contributed by atoms with Crippen molar-refractivity contribution >= 4 is 17.8 Å². The van der Waals surface area contributed by atoms with Crippen molar-refractivity contribution < 1.29 is 23.9 Å². The number of likely N-dealkylation sites (tertiary alicyclic amines) is 1. The average molecular weight is 412 g/mol. The average Bonchev–Trinajstić information content (AvgIpc) is 3.06. The minimum atomic E-state index is -0.515. The lowest BCUT2D eigenvalue weighted by Crippen LogP contribution is -2.42. The van der Waals surface area contributed by atoms with Crippen LogP contribution in [-0.2, 0) is 19.1 Å². The second-order valence-corrected chi connectivity index (χ2v) is 7.71. The van der Waals surface area contributed by atoms with E-state index in [-0.39, 0.29) is 24.4 Å². The molecule has 3 rings (SSSR count). The number of amides is 1. The van der Waals surface area contributed by atoms with Crippen LogP contribution in [0.25, 0.3) is 5.69 Å². The maximum absolute atomic E-state index is 12.6. The van der Waals surface area contributed by atoms with Crippen LogP contribution < -0.4 is 0 Å². The molecule has 160 valence electrons. The largest absolute Gasteiger partial charge is 0.469 e. The third-order valence-corrected chi connectivity index (χ3v) is 5.65. The molecule has 1 amide bonds. The Hall–Kier alpha value is -3.09. The Balaban J connectivity index is 1.60. The Labute approximate surface area is 176 Å². The van der Waals surface area contributed by atoms with Gasteiger partial charge in [-0.25, -0.2) is 4.79 Å². The number of carbonyl (C=O) groups excluding carboxylic acids is 3. The molecule has 0 radical (unpaired) electrons. The first kappa shape index (κ1) is 21.6. The highest BCUT2D eigenvalue weighted by atomic mass is 16.5. The minimum absolute atomic E-state index is 0.172. The van der Waals surface area contributed by atoms with Crippen molar-refractivity contribution in [2.75, 3.05) is 26.8 Å². The van der Waals surface area contributed by atoms with E-state index in [2.05, 4.69) is 0 Å². The van der Waals surface area contributed by atoms with Gasteiger partial charge in [-0.1, -0.05) is 17.7 Å². The number of rotatable bonds is 5. The predicted octanol–water partition coefficient (Wildman–Crippen LogP) is 2.97. The zero-order valence-electron chi connectivity index (χ0n) is 17.9. The Kier molecular flexibility index (Phi) is 6.59. The van der Waals surface area contributed by atoms with Crippen LogP contribution in [0.1, 0.15) is 40.2 Å². The van der Waals surface area contributed by atoms with Gasteiger partial charge in [-0.2, -0.15) is 0 Å². The van der Waals surface area contributed by atoms with Crippen LogP contribution in [0.4, 0.5) is 0 Å². The number of aromatic nitrogens is 1. The van der Waals surface area contributed by atoms with E-state index in [0.717, 1.165) is 22.6 Å². The van der Waals surface area contributed by atoms with E-state index in [1.54, 1.807) is 11.0 Å². The number of methoxy groups -OCH3 is 1. The topological polar surface area (TPSA) is 77.8 Å². The van der Waals surface area contributed by atoms with E-state index in [1.807, 2.05) is 49.6 Å². The lowest BCUT2D eigenvalue weighted by molar-refractivity contribution is -0.149. The van der Waals surface area contributed by atoms with Crippen molar-refractivity contribution in [2.24, 2.45) is 5.92 Å². The molecular weight excluding hydrogens is 384 g/mol. The molecule has 7 nitrogen and oxygen atoms in total. The maximum Gasteiger partial charge on any atom is 0.340 e. The van der Waals surface area contributed by atoms with E-state index >= 15 is 0 Å². The summed E-state index contributed by atoms with van der Waals surface area (Å²) in [4.78, 5) is 38.3. The molecule has 1 saturated heterocycles. The molecule has 1 fully saturated rings. The molecule has 2 aromatic rings. The summed E-state index contributed by atoms with van der Waals surface area (Å²) in [5, 5.41) is 0. The Bertz CT molecular complexity index is 937. The van der Waals surface area contributed by atoms with Crippen molar-refractivity contribution in [2.45, 2.75) is 33.6 Å². The molecule has 0 unspecified atom stereocenters. The van der Waals surface area contributed by atoms with E-state index in [9.17, 15) is 14.4 Å². The van der Waals surface area contributed by atoms with E-state index in [4.69, 9.17) is 9.47 Å². The van der Waals surface area contributed by atoms with Crippen LogP contribution in [0.3, 0.4) is 0 Å². The van der Waals surface area contributed by atoms with Crippen LogP contribution >= 0.6 is 0 Å². The van der Waals surface area contributed by atoms with Crippen LogP contribution in [0.2, 0.25) is 0 Å². The maximum atomic E-state index is 12.6. The number of hydrogen-bond acceptors (Lipinski definition) is 5. The van der Waals surface area contributed by atoms with Crippen molar-refractivity contribution in [3.8, 4) is 5.69 Å². The number of nitrogens with zero attached hydrogens (tertiary/aromatic N) is 2. The van der Waals surface area contributed by atoms with Gasteiger partial charge in [0.2, 0.25) is 0 Å². The third kappa shape index (κ3) is 4.56. The van der Waals surface area contributed by atoms with E-state index < -0.39 is 5.97 Å². The van der Waals surface area contributed by atoms with Crippen LogP contribution in [0, 0.1) is 26.7 Å². The summed E-state index contributed by atoms with van der Waals surface area (Å²) in [6, 6.07) is 9.84. The SMILES string of the molecule is COC(=O)C1CCN(C(=O)COC(=O)c2cc(C)n(-c3ccc(C)cc3)c2C)CC1. The van der Waals surface area contributed by atoms with Crippen molar-refractivity contribution in [1.29, 1.82) is 0 Å². The lowest BCUT2D eigenvalue weighted by Gasteiger charge is -2.30. The van der Waals surface area contributed by atoms with E-state index in [1.165, 1.54) is 7.11 Å². The second kappa shape index (κ2) is 9.15. The van der Waals surface area contributed by atoms with Gasteiger partial charge in [-0.15, -0.1) is 0 Å². The van der Waals surface area contributed by atoms with Gasteiger partial charge in [-0.05, 0) is 51.8 Å². The zero-order valence-corrected chi connectivity index (χ0v) is 17.9. The van der Waals surface area contributed by atoms with Gasteiger partial charge in [-0.3, -0.25) is 9.59 Å². The summed E-state index contributed by atoms with van der Waals surface area (Å²) in [7, 11) is 1.37. The normalized spacial score (nSPS) is 14.5. The van der Waals surface area contributed by atoms with Gasteiger partial charge in [0.25, 0.3) is 5.91 Å². The van der Waals surface area contributed by atoms with Gasteiger partial charge in [0, 0.05) is 30.2 Å². The molecule has 0 saturated carbocycles. The predicted molar refractivity (Wildman–Crippen MR) is 112 cm³/mol. The molecule has 0 aliphatic carbocycles. The molecule has 2 heterocycles. The molecule has 1 aromatic carbocycles. The molecule has 0 N–H and O–H groups in total. The van der Waals surface area contributed by atoms with Crippen molar-refractivity contribution in [3.63, 3.8) is 0 Å². The fourth-order valence-corrected chi connectivity index (χ4v) is 3.89. The molecule has 1 aliphatic heterocycles. The lowest BCUT2D eigenvalue weighted by atomic mass is 9.97. The van der Waals surface area contributed by atoms with Gasteiger partial charge in [0.15, 0.2) is 6.61 Å². The summed E-state index contributed by atoms with van der Waals surface area (Å²) in [6.45, 7) is 6.42. The summed E-state index contributed by atoms with van der Waals surface area (Å²) in [5.74, 6) is -1.18. The molecule has 0 bridgehead atoms. The Morgan fingerprint density at radius 2 is 1.67 bits per heavy atom. The zero-order chi connectivity index (χ0) is 21.8. The van der Waals surface area contributed by atoms with Crippen molar-refractivity contribution in [3.05, 3.63) is 52.8 Å². The highest BCUT2D eigenvalue weighted by Gasteiger charge is 2.28. The second-order valence-electron chi connectivity index (χ2n) is 7.71. The van der Waals surface area contributed by atoms with E-state index in [0.29, 0.717) is 31.5 Å². The fraction of sp³-hybridized carbons (Fsp3) is 0.435. The number of piperidine rings is 1. The Morgan fingerprint density at radius 1 is 1.03 bits per heavy atom. The number of esters is 2. The standard InChI is InChI=1S/C23H28N2O5/c1-15-5-7-19(8-6-15)25-16(2)13-20(17(25)3)23(28)30-14-21(26)24-11-9-18(10-12-24)22(27)29-4/h5-8,13,18H,9-12,14H2,1-4H3. The molecule has 30 heavy (non-hydrogen) atoms. The number of carbonyl (C=O) groups is 3. The van der Waals surface area contributed by atoms with Crippen LogP contribution in [0.5, 0.6) is 0 Å². The number of benzene rings is 1. The Morgan fingerprint density at radius 3 is 2.27 bits per heavy atom. The van der Waals surface area contributed by atoms with Gasteiger partial charge in [0.1, 0.15) is 0 Å². The van der Waals surface area contributed by atoms with Gasteiger partial charge >= 0.3 is 11.9 Å². The molecular formula is C23H28N2O5. The highest BCUT2D eigenvalue weighted by molar-refractivity contribution is 5.93. The quantitative estimate of drug-likeness (QED) is 0.706. The molecule has 0 atom stereocenters. The van der Waals surface area contributed by atoms with Crippen LogP contribution in [-0.4, -0.2) is 54.1 Å². The summed E-state index contributed by atoms with van der Waals surface area (Å²) in [6.07, 6.45) is 1.12. The summed E-state index contributed by atoms with van der Waals surface area (Å²) >= 11 is 0. The van der Waals surface area contributed by atoms with Gasteiger partial charge < -0.3 is 18.9 Å². The molecule has 1 aliphatic rings. The van der Waals surface area contributed by atoms with Crippen LogP contribution in [0.15, 0.2) is 30.3 Å². The first-order valence-electron chi connectivity index (χ1n) is 10.1. The smallest absolute Gasteiger partial charge is 0.340 e. The summed E-state index contributed by atoms with van der Waals surface area (Å²) < 4.78 is 12.1. The fourth-order valence-electron chi connectivity index (χ4n) is 3.89. The molecule has 0 spiro atoms. The first-order valence-corrected chi connectivity index (χ1v) is 10.1. The van der Waals surface area contributed by atoms with Gasteiger partial charge in [0.05, 0.1) is 18.6 Å². The number of ether oxygens (including phenoxy) is 2. The molecule has 7 heteroatoms. The highest BCUT2D eigenvalue weighted by Crippen LogP contribution is 2.22. The molecule has 1 aromatic heterocycles. The third-order valence-electron chi connectivity index (χ3n) is 5.65. The van der Waals surface area contributed by atoms with Crippen molar-refractivity contribution in [1.82, 2.24) is 9.47 Å². The minimum Gasteiger partial charge on any atom is -0.469 e. The monoisotopic (exact) mass is 412 g/mol. The number of hydrogen-bond donors (Lipinski definition) is 0. The first-order chi connectivity index (χ1) is 14.3. The summed E-state index contributed by atoms with van der Waals surface area (Å²) in [5.41, 5.74) is 4.27. The number of aryl methyl sites for hydroxylation is 2.